The Morgan fingerprint density at radius 1 is 0.565 bits per heavy atom. The predicted octanol–water partition coefficient (Wildman–Crippen LogP) is 13.4. The minimum Gasteiger partial charge on any atom is -0.444 e. The standard InChI is InChI=1S/C41H54N2O5SSi.C36H44N2O2SSi/c1-37(2,3)47-36(45)43-26-18-25-40(43)28-33-39(7,8)34(32(27-41(33,46)42-35(40)44)49-29-19-12-9-13-20-29)48-50(38(4,5)6,30-21-14-10-15-22-30)31-23-16-11-17-24-31;1-34(2,3)42(27-18-11-7-12-19-27,28-20-13-8-14-21-28)40-32-31(41-26-16-9-6-10-17-26)24-30-29(35(32,4)5)25-36(33(39)38-30)22-15-23-37-36/h9-17,19-24,32-34,46H,18,25-28H2,1-8H3,(H,42,44);6-14,16-21,24,29,31-32,37H,15,22-23,25H2,1-5H3,(H,38,39)/t32-,33+,34+,40+,41-;29-,31-,32+,36+/m00/s1. The zero-order valence-corrected chi connectivity index (χ0v) is 60.0. The summed E-state index contributed by atoms with van der Waals surface area (Å²) in [6.45, 7) is 29.9. The van der Waals surface area contributed by atoms with Crippen LogP contribution in [0.5, 0.6) is 0 Å². The van der Waals surface area contributed by atoms with Crippen LogP contribution in [0.15, 0.2) is 204 Å². The van der Waals surface area contributed by atoms with Crippen LogP contribution >= 0.6 is 23.5 Å². The highest BCUT2D eigenvalue weighted by molar-refractivity contribution is 8.00. The Balaban J connectivity index is 0.000000191. The first kappa shape index (κ1) is 67.7. The molecule has 15 heteroatoms. The topological polar surface area (TPSA) is 138 Å². The van der Waals surface area contributed by atoms with Crippen LogP contribution in [0.2, 0.25) is 10.1 Å². The van der Waals surface area contributed by atoms with Crippen LogP contribution in [0.4, 0.5) is 4.79 Å². The van der Waals surface area contributed by atoms with Crippen molar-refractivity contribution in [1.82, 2.24) is 20.9 Å². The number of rotatable bonds is 12. The van der Waals surface area contributed by atoms with Crippen molar-refractivity contribution in [2.45, 2.75) is 200 Å². The Morgan fingerprint density at radius 2 is 1.02 bits per heavy atom. The monoisotopic (exact) mass is 1310 g/mol. The molecule has 3 amide bonds. The first-order valence-corrected chi connectivity index (χ1v) is 38.9. The molecule has 6 aromatic rings. The van der Waals surface area contributed by atoms with Gasteiger partial charge >= 0.3 is 6.09 Å². The van der Waals surface area contributed by atoms with Gasteiger partial charge in [0.15, 0.2) is 0 Å². The van der Waals surface area contributed by atoms with E-state index in [1.54, 1.807) is 16.7 Å². The Kier molecular flexibility index (Phi) is 18.9. The quantitative estimate of drug-likeness (QED) is 0.0876. The van der Waals surface area contributed by atoms with Crippen molar-refractivity contribution < 1.29 is 33.1 Å². The number of likely N-dealkylation sites (tertiary alicyclic amines) is 1. The summed E-state index contributed by atoms with van der Waals surface area (Å²) in [6.07, 6.45) is 6.00. The van der Waals surface area contributed by atoms with Crippen LogP contribution < -0.4 is 36.7 Å². The molecule has 12 rings (SSSR count). The molecule has 9 atom stereocenters. The largest absolute Gasteiger partial charge is 0.444 e. The molecule has 1 saturated carbocycles. The smallest absolute Gasteiger partial charge is 0.411 e. The summed E-state index contributed by atoms with van der Waals surface area (Å²) in [5, 5.41) is 27.2. The molecule has 0 bridgehead atoms. The number of amides is 3. The Bertz CT molecular complexity index is 3500. The summed E-state index contributed by atoms with van der Waals surface area (Å²) in [6, 6.07) is 64.2. The fourth-order valence-corrected chi connectivity index (χ4v) is 29.4. The summed E-state index contributed by atoms with van der Waals surface area (Å²) in [5.41, 5.74) is -3.61. The highest BCUT2D eigenvalue weighted by atomic mass is 32.2. The molecular formula is C77H98N4O7S2Si2. The predicted molar refractivity (Wildman–Crippen MR) is 380 cm³/mol. The normalized spacial score (nSPS) is 27.8. The number of hydrogen-bond acceptors (Lipinski definition) is 10. The second kappa shape index (κ2) is 25.8. The lowest BCUT2D eigenvalue weighted by Crippen LogP contribution is -2.78. The number of nitrogens with one attached hydrogen (secondary N) is 3. The third-order valence-electron chi connectivity index (χ3n) is 21.1. The van der Waals surface area contributed by atoms with Crippen LogP contribution in [0.1, 0.15) is 135 Å². The number of piperidine rings is 2. The second-order valence-corrected chi connectivity index (χ2v) is 42.0. The van der Waals surface area contributed by atoms with Gasteiger partial charge in [0.2, 0.25) is 11.8 Å². The SMILES string of the molecule is CC(C)(C)OC(=O)N1CCC[C@]12C[C@@H]1C(C)(C)[C@H](O[Si](c3ccccc3)(c3ccccc3)C(C)(C)C)[C@@H](Sc3ccccc3)C[C@@]1(O)NC2=O.CC1(C)[C@H](O[Si](c2ccccc2)(c2ccccc2)C(C)(C)C)[C@@H](Sc2ccccc2)C=C2NC(=O)[C@@]3(CCCN3)C[C@@H]21. The lowest BCUT2D eigenvalue weighted by Gasteiger charge is -2.62. The molecule has 2 spiro atoms. The van der Waals surface area contributed by atoms with Gasteiger partial charge in [-0.25, -0.2) is 4.79 Å². The van der Waals surface area contributed by atoms with E-state index in [4.69, 9.17) is 13.6 Å². The zero-order valence-electron chi connectivity index (χ0n) is 56.4. The maximum atomic E-state index is 14.3. The molecule has 488 valence electrons. The van der Waals surface area contributed by atoms with E-state index in [1.165, 1.54) is 25.6 Å². The molecular weight excluding hydrogens is 1210 g/mol. The molecule has 92 heavy (non-hydrogen) atoms. The van der Waals surface area contributed by atoms with E-state index < -0.39 is 56.5 Å². The molecule has 0 radical (unpaired) electrons. The fourth-order valence-electron chi connectivity index (χ4n) is 16.6. The van der Waals surface area contributed by atoms with Gasteiger partial charge in [0.1, 0.15) is 16.9 Å². The maximum absolute atomic E-state index is 14.3. The molecule has 4 heterocycles. The molecule has 6 aromatic carbocycles. The average Bonchev–Trinajstić information content (AvgIpc) is 0.983. The van der Waals surface area contributed by atoms with Crippen molar-refractivity contribution in [1.29, 1.82) is 0 Å². The zero-order chi connectivity index (χ0) is 65.8. The molecule has 4 aliphatic heterocycles. The van der Waals surface area contributed by atoms with Crippen LogP contribution in [-0.2, 0) is 23.2 Å². The van der Waals surface area contributed by atoms with Gasteiger partial charge in [-0.3, -0.25) is 14.5 Å². The second-order valence-electron chi connectivity index (χ2n) is 31.0. The van der Waals surface area contributed by atoms with Crippen LogP contribution in [0.25, 0.3) is 0 Å². The number of aliphatic hydroxyl groups is 1. The summed E-state index contributed by atoms with van der Waals surface area (Å²) >= 11 is 3.56. The number of hydrogen-bond donors (Lipinski definition) is 4. The third kappa shape index (κ3) is 12.6. The highest BCUT2D eigenvalue weighted by Gasteiger charge is 2.69. The third-order valence-corrected chi connectivity index (χ3v) is 33.6. The molecule has 6 aliphatic rings. The molecule has 0 aromatic heterocycles. The minimum absolute atomic E-state index is 0.0289. The van der Waals surface area contributed by atoms with Crippen molar-refractivity contribution in [3.8, 4) is 0 Å². The summed E-state index contributed by atoms with van der Waals surface area (Å²) in [7, 11) is -5.88. The highest BCUT2D eigenvalue weighted by Crippen LogP contribution is 2.59. The average molecular weight is 1310 g/mol. The number of allylic oxidation sites excluding steroid dienone is 1. The Labute approximate surface area is 558 Å². The van der Waals surface area contributed by atoms with E-state index in [2.05, 4.69) is 255 Å². The molecule has 2 aliphatic carbocycles. The van der Waals surface area contributed by atoms with E-state index in [9.17, 15) is 19.5 Å². The number of benzene rings is 6. The number of fused-ring (bicyclic) bond motifs is 2. The van der Waals surface area contributed by atoms with E-state index in [-0.39, 0.29) is 55.9 Å². The number of carbonyl (C=O) groups excluding carboxylic acids is 3. The van der Waals surface area contributed by atoms with Crippen molar-refractivity contribution in [3.63, 3.8) is 0 Å². The number of ether oxygens (including phenoxy) is 1. The number of carbonyl (C=O) groups is 3. The van der Waals surface area contributed by atoms with Gasteiger partial charge in [-0.1, -0.05) is 227 Å². The first-order valence-electron chi connectivity index (χ1n) is 33.3. The van der Waals surface area contributed by atoms with E-state index >= 15 is 0 Å². The van der Waals surface area contributed by atoms with Gasteiger partial charge in [-0.15, -0.1) is 23.5 Å². The molecule has 5 fully saturated rings. The molecule has 0 unspecified atom stereocenters. The van der Waals surface area contributed by atoms with Crippen molar-refractivity contribution >= 4 is 78.8 Å². The van der Waals surface area contributed by atoms with Gasteiger partial charge in [-0.2, -0.15) is 0 Å². The van der Waals surface area contributed by atoms with Gasteiger partial charge in [0.25, 0.3) is 16.6 Å². The maximum Gasteiger partial charge on any atom is 0.411 e. The van der Waals surface area contributed by atoms with Gasteiger partial charge < -0.3 is 34.6 Å². The van der Waals surface area contributed by atoms with Crippen LogP contribution in [0.3, 0.4) is 0 Å². The molecule has 11 nitrogen and oxygen atoms in total. The number of thioether (sulfide) groups is 2. The number of nitrogens with zero attached hydrogens (tertiary/aromatic N) is 1. The summed E-state index contributed by atoms with van der Waals surface area (Å²) in [5.74, 6) is -0.401. The Morgan fingerprint density at radius 3 is 1.47 bits per heavy atom. The first-order chi connectivity index (χ1) is 43.5. The van der Waals surface area contributed by atoms with Crippen LogP contribution in [-0.4, -0.2) is 103 Å². The molecule has 4 saturated heterocycles. The van der Waals surface area contributed by atoms with Crippen molar-refractivity contribution in [2.24, 2.45) is 22.7 Å². The van der Waals surface area contributed by atoms with E-state index in [0.29, 0.717) is 32.2 Å². The summed E-state index contributed by atoms with van der Waals surface area (Å²) < 4.78 is 21.8. The van der Waals surface area contributed by atoms with E-state index in [1.807, 2.05) is 50.7 Å². The van der Waals surface area contributed by atoms with Crippen molar-refractivity contribution in [3.05, 3.63) is 194 Å². The lowest BCUT2D eigenvalue weighted by molar-refractivity contribution is -0.199. The van der Waals surface area contributed by atoms with Crippen molar-refractivity contribution in [2.75, 3.05) is 13.1 Å². The van der Waals surface area contributed by atoms with Gasteiger partial charge in [0, 0.05) is 45.5 Å². The van der Waals surface area contributed by atoms with Gasteiger partial charge in [-0.05, 0) is 138 Å². The fraction of sp³-hybridized carbons (Fsp3) is 0.468. The van der Waals surface area contributed by atoms with Crippen LogP contribution in [0, 0.1) is 22.7 Å². The minimum atomic E-state index is -3.04. The lowest BCUT2D eigenvalue weighted by atomic mass is 9.57. The van der Waals surface area contributed by atoms with E-state index in [0.717, 1.165) is 36.4 Å². The summed E-state index contributed by atoms with van der Waals surface area (Å²) in [4.78, 5) is 45.4. The van der Waals surface area contributed by atoms with Gasteiger partial charge in [0.05, 0.1) is 23.0 Å². The molecule has 4 N–H and O–H groups in total. The Hall–Kier alpha value is -5.76.